The number of fused-ring (bicyclic) bond motifs is 1. The van der Waals surface area contributed by atoms with Gasteiger partial charge in [0.15, 0.2) is 12.3 Å². The van der Waals surface area contributed by atoms with Crippen LogP contribution < -0.4 is 9.64 Å². The number of carbonyl (C=O) groups excluding carboxylic acids is 3. The molecule has 0 bridgehead atoms. The van der Waals surface area contributed by atoms with Crippen LogP contribution >= 0.6 is 0 Å². The molecule has 1 aromatic carbocycles. The molecular formula is C18H18N4O5. The Morgan fingerprint density at radius 1 is 1.19 bits per heavy atom. The van der Waals surface area contributed by atoms with Gasteiger partial charge in [-0.3, -0.25) is 19.3 Å². The number of carbonyl (C=O) groups is 3. The zero-order valence-corrected chi connectivity index (χ0v) is 14.8. The molecule has 2 aliphatic heterocycles. The molecule has 0 aliphatic carbocycles. The van der Waals surface area contributed by atoms with Gasteiger partial charge in [0, 0.05) is 19.2 Å². The topological polar surface area (TPSA) is 96.2 Å². The number of hydrogen-bond acceptors (Lipinski definition) is 6. The summed E-state index contributed by atoms with van der Waals surface area (Å²) in [5.74, 6) is 0.0343. The van der Waals surface area contributed by atoms with E-state index in [2.05, 4.69) is 5.16 Å². The van der Waals surface area contributed by atoms with Gasteiger partial charge in [-0.25, -0.2) is 10.0 Å². The molecule has 0 atom stereocenters. The van der Waals surface area contributed by atoms with Crippen molar-refractivity contribution in [1.82, 2.24) is 15.2 Å². The largest absolute Gasteiger partial charge is 0.482 e. The minimum atomic E-state index is -0.397. The quantitative estimate of drug-likeness (QED) is 0.800. The summed E-state index contributed by atoms with van der Waals surface area (Å²) in [6.07, 6.45) is 0.655. The maximum atomic E-state index is 12.9. The Morgan fingerprint density at radius 2 is 1.96 bits per heavy atom. The van der Waals surface area contributed by atoms with Crippen LogP contribution in [-0.2, 0) is 9.59 Å². The number of ether oxygens (including phenoxy) is 1. The van der Waals surface area contributed by atoms with Crippen molar-refractivity contribution in [2.24, 2.45) is 0 Å². The van der Waals surface area contributed by atoms with Crippen molar-refractivity contribution in [3.05, 3.63) is 41.8 Å². The number of aromatic nitrogens is 1. The zero-order chi connectivity index (χ0) is 19.0. The fourth-order valence-electron chi connectivity index (χ4n) is 3.23. The standard InChI is InChI=1S/C18H18N4O5/c1-12-9-13(19-27-12)18(25)22-8-4-7-21(22)16(23)10-20-14-5-2-3-6-15(14)26-11-17(20)24/h2-3,5-6,9H,4,7-8,10-11H2,1H3. The molecule has 140 valence electrons. The number of para-hydroxylation sites is 2. The van der Waals surface area contributed by atoms with Crippen LogP contribution in [0.1, 0.15) is 22.7 Å². The predicted octanol–water partition coefficient (Wildman–Crippen LogP) is 0.998. The number of hydrogen-bond donors (Lipinski definition) is 0. The van der Waals surface area contributed by atoms with Gasteiger partial charge in [-0.2, -0.15) is 0 Å². The van der Waals surface area contributed by atoms with Crippen molar-refractivity contribution in [3.8, 4) is 5.75 Å². The highest BCUT2D eigenvalue weighted by atomic mass is 16.5. The minimum Gasteiger partial charge on any atom is -0.482 e. The van der Waals surface area contributed by atoms with E-state index in [1.807, 2.05) is 0 Å². The van der Waals surface area contributed by atoms with Crippen LogP contribution in [0.2, 0.25) is 0 Å². The molecule has 4 rings (SSSR count). The molecule has 0 saturated carbocycles. The van der Waals surface area contributed by atoms with E-state index in [4.69, 9.17) is 9.26 Å². The highest BCUT2D eigenvalue weighted by Crippen LogP contribution is 2.31. The van der Waals surface area contributed by atoms with Gasteiger partial charge in [-0.15, -0.1) is 0 Å². The first kappa shape index (κ1) is 17.1. The van der Waals surface area contributed by atoms with Crippen LogP contribution in [0.25, 0.3) is 0 Å². The molecule has 0 radical (unpaired) electrons. The predicted molar refractivity (Wildman–Crippen MR) is 92.9 cm³/mol. The lowest BCUT2D eigenvalue weighted by Crippen LogP contribution is -2.51. The number of hydrazine groups is 1. The number of benzene rings is 1. The van der Waals surface area contributed by atoms with Crippen molar-refractivity contribution in [2.45, 2.75) is 13.3 Å². The molecule has 2 aliphatic rings. The van der Waals surface area contributed by atoms with Crippen LogP contribution in [0.15, 0.2) is 34.9 Å². The molecule has 0 N–H and O–H groups in total. The van der Waals surface area contributed by atoms with Crippen molar-refractivity contribution in [3.63, 3.8) is 0 Å². The first-order valence-corrected chi connectivity index (χ1v) is 8.62. The van der Waals surface area contributed by atoms with Gasteiger partial charge < -0.3 is 9.26 Å². The fourth-order valence-corrected chi connectivity index (χ4v) is 3.23. The lowest BCUT2D eigenvalue weighted by Gasteiger charge is -2.32. The summed E-state index contributed by atoms with van der Waals surface area (Å²) in [5.41, 5.74) is 0.700. The summed E-state index contributed by atoms with van der Waals surface area (Å²) in [7, 11) is 0. The number of amides is 3. The van der Waals surface area contributed by atoms with Crippen molar-refractivity contribution in [1.29, 1.82) is 0 Å². The fraction of sp³-hybridized carbons (Fsp3) is 0.333. The molecule has 3 amide bonds. The molecule has 27 heavy (non-hydrogen) atoms. The molecule has 1 saturated heterocycles. The first-order valence-electron chi connectivity index (χ1n) is 8.62. The summed E-state index contributed by atoms with van der Waals surface area (Å²) >= 11 is 0. The Labute approximate surface area is 155 Å². The Morgan fingerprint density at radius 3 is 2.74 bits per heavy atom. The summed E-state index contributed by atoms with van der Waals surface area (Å²) in [5, 5.41) is 6.46. The zero-order valence-electron chi connectivity index (χ0n) is 14.8. The second kappa shape index (κ2) is 6.75. The van der Waals surface area contributed by atoms with Crippen LogP contribution in [0, 0.1) is 6.92 Å². The van der Waals surface area contributed by atoms with Crippen LogP contribution in [0.5, 0.6) is 5.75 Å². The maximum absolute atomic E-state index is 12.9. The van der Waals surface area contributed by atoms with Gasteiger partial charge in [0.05, 0.1) is 5.69 Å². The monoisotopic (exact) mass is 370 g/mol. The minimum absolute atomic E-state index is 0.120. The lowest BCUT2D eigenvalue weighted by atomic mass is 10.2. The maximum Gasteiger partial charge on any atom is 0.294 e. The Balaban J connectivity index is 1.52. The van der Waals surface area contributed by atoms with E-state index in [1.165, 1.54) is 21.0 Å². The first-order chi connectivity index (χ1) is 13.0. The molecule has 9 nitrogen and oxygen atoms in total. The van der Waals surface area contributed by atoms with E-state index in [0.29, 0.717) is 36.7 Å². The van der Waals surface area contributed by atoms with Crippen molar-refractivity contribution in [2.75, 3.05) is 31.1 Å². The third-order valence-corrected chi connectivity index (χ3v) is 4.50. The van der Waals surface area contributed by atoms with Gasteiger partial charge in [0.25, 0.3) is 17.7 Å². The molecule has 2 aromatic rings. The van der Waals surface area contributed by atoms with Gasteiger partial charge in [-0.1, -0.05) is 17.3 Å². The van der Waals surface area contributed by atoms with Crippen molar-refractivity contribution >= 4 is 23.4 Å². The molecule has 9 heteroatoms. The number of rotatable bonds is 3. The summed E-state index contributed by atoms with van der Waals surface area (Å²) < 4.78 is 10.3. The third-order valence-electron chi connectivity index (χ3n) is 4.50. The second-order valence-corrected chi connectivity index (χ2v) is 6.36. The highest BCUT2D eigenvalue weighted by Gasteiger charge is 2.35. The number of nitrogens with zero attached hydrogens (tertiary/aromatic N) is 4. The second-order valence-electron chi connectivity index (χ2n) is 6.36. The molecule has 0 spiro atoms. The van der Waals surface area contributed by atoms with Crippen LogP contribution in [0.4, 0.5) is 5.69 Å². The molecule has 0 unspecified atom stereocenters. The average molecular weight is 370 g/mol. The van der Waals surface area contributed by atoms with Gasteiger partial charge in [0.1, 0.15) is 18.1 Å². The van der Waals surface area contributed by atoms with Crippen molar-refractivity contribution < 1.29 is 23.6 Å². The molecule has 3 heterocycles. The van der Waals surface area contributed by atoms with E-state index in [9.17, 15) is 14.4 Å². The normalized spacial score (nSPS) is 16.3. The SMILES string of the molecule is Cc1cc(C(=O)N2CCCN2C(=O)CN2C(=O)COc3ccccc32)no1. The summed E-state index contributed by atoms with van der Waals surface area (Å²) in [6, 6.07) is 8.58. The molecule has 1 aromatic heterocycles. The van der Waals surface area contributed by atoms with Gasteiger partial charge in [0.2, 0.25) is 0 Å². The highest BCUT2D eigenvalue weighted by molar-refractivity contribution is 6.02. The van der Waals surface area contributed by atoms with E-state index in [1.54, 1.807) is 31.2 Å². The number of aryl methyl sites for hydroxylation is 1. The third kappa shape index (κ3) is 3.12. The Kier molecular flexibility index (Phi) is 4.27. The van der Waals surface area contributed by atoms with Gasteiger partial charge >= 0.3 is 0 Å². The molecular weight excluding hydrogens is 352 g/mol. The summed E-state index contributed by atoms with van der Waals surface area (Å²) in [6.45, 7) is 2.22. The average Bonchev–Trinajstić information content (AvgIpc) is 3.32. The van der Waals surface area contributed by atoms with E-state index in [0.717, 1.165) is 0 Å². The van der Waals surface area contributed by atoms with Gasteiger partial charge in [-0.05, 0) is 25.5 Å². The molecule has 1 fully saturated rings. The Hall–Kier alpha value is -3.36. The van der Waals surface area contributed by atoms with Crippen LogP contribution in [0.3, 0.4) is 0 Å². The Bertz CT molecular complexity index is 909. The van der Waals surface area contributed by atoms with E-state index < -0.39 is 5.91 Å². The van der Waals surface area contributed by atoms with E-state index in [-0.39, 0.29) is 30.7 Å². The van der Waals surface area contributed by atoms with E-state index >= 15 is 0 Å². The summed E-state index contributed by atoms with van der Waals surface area (Å²) in [4.78, 5) is 39.2. The number of anilines is 1. The lowest BCUT2D eigenvalue weighted by molar-refractivity contribution is -0.140. The smallest absolute Gasteiger partial charge is 0.294 e. The van der Waals surface area contributed by atoms with Crippen LogP contribution in [-0.4, -0.2) is 59.1 Å².